The molecule has 1 atom stereocenters. The molecule has 0 saturated carbocycles. The molecule has 2 N–H and O–H groups in total. The van der Waals surface area contributed by atoms with Gasteiger partial charge in [0, 0.05) is 12.2 Å². The summed E-state index contributed by atoms with van der Waals surface area (Å²) >= 11 is 14.3. The highest BCUT2D eigenvalue weighted by Gasteiger charge is 2.21. The quantitative estimate of drug-likeness (QED) is 0.665. The zero-order chi connectivity index (χ0) is 18.8. The highest BCUT2D eigenvalue weighted by molar-refractivity contribution is 8.14. The molecular weight excluding hydrogens is 403 g/mol. The van der Waals surface area contributed by atoms with E-state index >= 15 is 0 Å². The van der Waals surface area contributed by atoms with E-state index in [0.717, 1.165) is 23.0 Å². The molecule has 1 aliphatic rings. The molecule has 2 aromatic carbocycles. The monoisotopic (exact) mass is 418 g/mol. The molecule has 3 aromatic rings. The summed E-state index contributed by atoms with van der Waals surface area (Å²) in [5.41, 5.74) is 1.36. The van der Waals surface area contributed by atoms with Crippen molar-refractivity contribution in [3.63, 3.8) is 0 Å². The first-order valence-electron chi connectivity index (χ1n) is 8.47. The topological polar surface area (TPSA) is 70.1 Å². The summed E-state index contributed by atoms with van der Waals surface area (Å²) in [6, 6.07) is 12.6. The van der Waals surface area contributed by atoms with Gasteiger partial charge in [0.25, 0.3) is 5.56 Å². The normalized spacial score (nSPS) is 15.0. The maximum absolute atomic E-state index is 12.4. The second-order valence-electron chi connectivity index (χ2n) is 6.11. The lowest BCUT2D eigenvalue weighted by Crippen LogP contribution is -2.28. The van der Waals surface area contributed by atoms with Gasteiger partial charge in [-0.15, -0.1) is 0 Å². The van der Waals surface area contributed by atoms with Crippen molar-refractivity contribution in [2.24, 2.45) is 4.99 Å². The summed E-state index contributed by atoms with van der Waals surface area (Å²) in [5, 5.41) is 5.83. The number of nitrogens with one attached hydrogen (secondary N) is 2. The van der Waals surface area contributed by atoms with Crippen molar-refractivity contribution in [1.82, 2.24) is 15.3 Å². The van der Waals surface area contributed by atoms with Gasteiger partial charge in [0.1, 0.15) is 5.82 Å². The van der Waals surface area contributed by atoms with E-state index in [2.05, 4.69) is 20.3 Å². The van der Waals surface area contributed by atoms with E-state index in [9.17, 15) is 4.79 Å². The van der Waals surface area contributed by atoms with Crippen molar-refractivity contribution in [3.05, 3.63) is 74.3 Å². The first kappa shape index (κ1) is 18.3. The first-order valence-corrected chi connectivity index (χ1v) is 10.2. The maximum Gasteiger partial charge on any atom is 0.258 e. The van der Waals surface area contributed by atoms with E-state index in [1.165, 1.54) is 0 Å². The number of benzene rings is 2. The third-order valence-corrected chi connectivity index (χ3v) is 6.04. The zero-order valence-corrected chi connectivity index (χ0v) is 16.5. The average Bonchev–Trinajstić information content (AvgIpc) is 3.17. The van der Waals surface area contributed by atoms with Gasteiger partial charge in [0.2, 0.25) is 0 Å². The Balaban J connectivity index is 1.72. The van der Waals surface area contributed by atoms with Gasteiger partial charge in [0.15, 0.2) is 5.17 Å². The second kappa shape index (κ2) is 7.92. The minimum Gasteiger partial charge on any atom is -0.358 e. The molecule has 8 heteroatoms. The van der Waals surface area contributed by atoms with Gasteiger partial charge in [-0.25, -0.2) is 4.98 Å². The van der Waals surface area contributed by atoms with E-state index < -0.39 is 0 Å². The number of halogens is 2. The number of hydrogen-bond acceptors (Lipinski definition) is 5. The number of fused-ring (bicyclic) bond motifs is 1. The molecule has 0 fully saturated rings. The van der Waals surface area contributed by atoms with Gasteiger partial charge in [-0.1, -0.05) is 59.2 Å². The molecule has 0 amide bonds. The number of aromatic amines is 1. The van der Waals surface area contributed by atoms with Crippen molar-refractivity contribution in [1.29, 1.82) is 0 Å². The van der Waals surface area contributed by atoms with E-state index in [-0.39, 0.29) is 11.6 Å². The molecule has 4 rings (SSSR count). The van der Waals surface area contributed by atoms with Gasteiger partial charge in [-0.05, 0) is 23.8 Å². The fraction of sp³-hybridized carbons (Fsp3) is 0.211. The number of thioether (sulfide) groups is 1. The van der Waals surface area contributed by atoms with E-state index in [1.54, 1.807) is 23.9 Å². The molecule has 0 radical (unpaired) electrons. The van der Waals surface area contributed by atoms with E-state index in [1.807, 2.05) is 30.3 Å². The van der Waals surface area contributed by atoms with E-state index in [0.29, 0.717) is 33.2 Å². The number of hydrogen-bond donors (Lipinski definition) is 2. The van der Waals surface area contributed by atoms with Crippen LogP contribution in [-0.2, 0) is 6.42 Å². The lowest BCUT2D eigenvalue weighted by molar-refractivity contribution is 0.625. The van der Waals surface area contributed by atoms with Crippen LogP contribution in [0.5, 0.6) is 0 Å². The van der Waals surface area contributed by atoms with Crippen molar-refractivity contribution in [2.45, 2.75) is 12.5 Å². The van der Waals surface area contributed by atoms with Crippen LogP contribution in [0, 0.1) is 0 Å². The van der Waals surface area contributed by atoms with Crippen LogP contribution < -0.4 is 10.9 Å². The number of aliphatic imine (C=N–C) groups is 1. The minimum atomic E-state index is -0.218. The molecule has 1 aliphatic heterocycles. The molecule has 27 heavy (non-hydrogen) atoms. The summed E-state index contributed by atoms with van der Waals surface area (Å²) in [6.07, 6.45) is 0.444. The van der Waals surface area contributed by atoms with Gasteiger partial charge in [-0.3, -0.25) is 9.79 Å². The Morgan fingerprint density at radius 3 is 2.85 bits per heavy atom. The number of H-pyrrole nitrogens is 1. The van der Waals surface area contributed by atoms with Crippen LogP contribution in [0.15, 0.2) is 52.3 Å². The number of nitrogens with zero attached hydrogens (tertiary/aromatic N) is 2. The molecule has 0 saturated heterocycles. The predicted octanol–water partition coefficient (Wildman–Crippen LogP) is 4.21. The molecule has 5 nitrogen and oxygen atoms in total. The summed E-state index contributed by atoms with van der Waals surface area (Å²) in [7, 11) is 0. The molecule has 0 spiro atoms. The van der Waals surface area contributed by atoms with Crippen LogP contribution in [0.3, 0.4) is 0 Å². The molecule has 2 heterocycles. The largest absolute Gasteiger partial charge is 0.358 e. The highest BCUT2D eigenvalue weighted by atomic mass is 35.5. The number of aromatic nitrogens is 2. The summed E-state index contributed by atoms with van der Waals surface area (Å²) in [5.74, 6) is 1.53. The minimum absolute atomic E-state index is 0.154. The lowest BCUT2D eigenvalue weighted by Gasteiger charge is -2.21. The first-order chi connectivity index (χ1) is 13.1. The van der Waals surface area contributed by atoms with E-state index in [4.69, 9.17) is 23.2 Å². The number of rotatable bonds is 4. The molecule has 138 valence electrons. The molecule has 0 bridgehead atoms. The Morgan fingerprint density at radius 2 is 2.04 bits per heavy atom. The average molecular weight is 419 g/mol. The van der Waals surface area contributed by atoms with Gasteiger partial charge >= 0.3 is 0 Å². The Morgan fingerprint density at radius 1 is 1.19 bits per heavy atom. The molecule has 1 aromatic heterocycles. The highest BCUT2D eigenvalue weighted by Crippen LogP contribution is 2.32. The van der Waals surface area contributed by atoms with Gasteiger partial charge in [-0.2, -0.15) is 0 Å². The third-order valence-electron chi connectivity index (χ3n) is 4.30. The Bertz CT molecular complexity index is 1080. The summed E-state index contributed by atoms with van der Waals surface area (Å²) < 4.78 is 0. The van der Waals surface area contributed by atoms with Crippen LogP contribution in [0.4, 0.5) is 0 Å². The van der Waals surface area contributed by atoms with Crippen LogP contribution in [0.1, 0.15) is 17.4 Å². The van der Waals surface area contributed by atoms with Crippen molar-refractivity contribution >= 4 is 51.0 Å². The lowest BCUT2D eigenvalue weighted by atomic mass is 10.0. The standard InChI is InChI=1S/C19H16Cl2N4OS/c20-13-6-3-5-11(17(13)21)15(24-19-22-8-9-27-19)10-16-23-14-7-2-1-4-12(14)18(26)25-16/h1-7,15H,8-10H2,(H,22,24)(H,23,25,26). The smallest absolute Gasteiger partial charge is 0.258 e. The van der Waals surface area contributed by atoms with Crippen molar-refractivity contribution in [2.75, 3.05) is 12.3 Å². The number of amidine groups is 1. The molecule has 1 unspecified atom stereocenters. The Kier molecular flexibility index (Phi) is 5.38. The van der Waals surface area contributed by atoms with Crippen LogP contribution in [0.2, 0.25) is 10.0 Å². The summed E-state index contributed by atoms with van der Waals surface area (Å²) in [6.45, 7) is 0.786. The Hall–Kier alpha value is -2.02. The van der Waals surface area contributed by atoms with Crippen molar-refractivity contribution in [3.8, 4) is 0 Å². The van der Waals surface area contributed by atoms with Crippen LogP contribution in [-0.4, -0.2) is 27.4 Å². The van der Waals surface area contributed by atoms with Crippen molar-refractivity contribution < 1.29 is 0 Å². The van der Waals surface area contributed by atoms with Crippen LogP contribution in [0.25, 0.3) is 10.9 Å². The fourth-order valence-corrected chi connectivity index (χ4v) is 4.25. The van der Waals surface area contributed by atoms with Crippen LogP contribution >= 0.6 is 35.0 Å². The van der Waals surface area contributed by atoms with Gasteiger partial charge < -0.3 is 10.3 Å². The zero-order valence-electron chi connectivity index (χ0n) is 14.2. The van der Waals surface area contributed by atoms with Gasteiger partial charge in [0.05, 0.1) is 33.5 Å². The molecule has 0 aliphatic carbocycles. The Labute approximate surface area is 170 Å². The SMILES string of the molecule is O=c1[nH]c(CC(NC2=NCCS2)c2cccc(Cl)c2Cl)nc2ccccc12. The third kappa shape index (κ3) is 3.98. The maximum atomic E-state index is 12.4. The number of para-hydroxylation sites is 1. The molecular formula is C19H16Cl2N4OS. The predicted molar refractivity (Wildman–Crippen MR) is 113 cm³/mol. The second-order valence-corrected chi connectivity index (χ2v) is 7.98. The summed E-state index contributed by atoms with van der Waals surface area (Å²) in [4.78, 5) is 24.3. The fourth-order valence-electron chi connectivity index (χ4n) is 3.02.